The summed E-state index contributed by atoms with van der Waals surface area (Å²) in [5.74, 6) is -1.04. The summed E-state index contributed by atoms with van der Waals surface area (Å²) >= 11 is 0. The smallest absolute Gasteiger partial charge is 0.337 e. The van der Waals surface area contributed by atoms with Crippen LogP contribution in [0.2, 0.25) is 0 Å². The van der Waals surface area contributed by atoms with Crippen LogP contribution in [0.15, 0.2) is 23.0 Å². The molecule has 2 aromatic rings. The molecule has 2 atom stereocenters. The molecule has 3 rings (SSSR count). The van der Waals surface area contributed by atoms with Crippen LogP contribution in [-0.2, 0) is 4.74 Å². The lowest BCUT2D eigenvalue weighted by molar-refractivity contribution is 0.0699. The second-order valence-electron chi connectivity index (χ2n) is 5.13. The van der Waals surface area contributed by atoms with Crippen LogP contribution in [0.1, 0.15) is 35.7 Å². The van der Waals surface area contributed by atoms with Crippen LogP contribution >= 0.6 is 0 Å². The van der Waals surface area contributed by atoms with Crippen molar-refractivity contribution in [3.63, 3.8) is 0 Å². The molecule has 0 spiro atoms. The number of benzene rings is 1. The Morgan fingerprint density at radius 3 is 2.90 bits per heavy atom. The van der Waals surface area contributed by atoms with Gasteiger partial charge in [-0.3, -0.25) is 4.57 Å². The number of aromatic nitrogens is 2. The number of carboxylic acids is 1. The van der Waals surface area contributed by atoms with Crippen LogP contribution in [0, 0.1) is 0 Å². The summed E-state index contributed by atoms with van der Waals surface area (Å²) in [6.45, 7) is 0. The minimum atomic E-state index is -1.04. The zero-order valence-electron chi connectivity index (χ0n) is 11.1. The first-order valence-corrected chi connectivity index (χ1v) is 6.61. The normalized spacial score (nSPS) is 22.4. The van der Waals surface area contributed by atoms with E-state index in [2.05, 4.69) is 4.98 Å². The number of ether oxygens (including phenoxy) is 1. The first-order chi connectivity index (χ1) is 9.61. The molecule has 0 aliphatic heterocycles. The predicted molar refractivity (Wildman–Crippen MR) is 73.2 cm³/mol. The third kappa shape index (κ3) is 1.92. The van der Waals surface area contributed by atoms with Crippen molar-refractivity contribution >= 4 is 17.0 Å². The van der Waals surface area contributed by atoms with Gasteiger partial charge in [-0.1, -0.05) is 6.07 Å². The van der Waals surface area contributed by atoms with Gasteiger partial charge >= 0.3 is 11.7 Å². The average Bonchev–Trinajstić information content (AvgIpc) is 3.00. The van der Waals surface area contributed by atoms with Gasteiger partial charge in [0.05, 0.1) is 22.7 Å². The van der Waals surface area contributed by atoms with E-state index in [0.717, 1.165) is 19.3 Å². The molecule has 0 radical (unpaired) electrons. The van der Waals surface area contributed by atoms with Gasteiger partial charge in [-0.15, -0.1) is 0 Å². The molecule has 2 unspecified atom stereocenters. The number of hydrogen-bond acceptors (Lipinski definition) is 3. The van der Waals surface area contributed by atoms with Crippen molar-refractivity contribution in [1.82, 2.24) is 9.55 Å². The van der Waals surface area contributed by atoms with E-state index in [1.54, 1.807) is 23.8 Å². The van der Waals surface area contributed by atoms with E-state index in [1.807, 2.05) is 0 Å². The number of H-pyrrole nitrogens is 1. The fourth-order valence-corrected chi connectivity index (χ4v) is 3.06. The Morgan fingerprint density at radius 1 is 1.45 bits per heavy atom. The molecule has 1 heterocycles. The minimum absolute atomic E-state index is 0.0604. The Balaban J connectivity index is 2.13. The van der Waals surface area contributed by atoms with Crippen molar-refractivity contribution < 1.29 is 14.6 Å². The molecule has 1 aliphatic rings. The molecule has 2 N–H and O–H groups in total. The van der Waals surface area contributed by atoms with Crippen molar-refractivity contribution in [1.29, 1.82) is 0 Å². The van der Waals surface area contributed by atoms with Crippen LogP contribution < -0.4 is 5.69 Å². The predicted octanol–water partition coefficient (Wildman–Crippen LogP) is 1.77. The Labute approximate surface area is 115 Å². The fraction of sp³-hybridized carbons (Fsp3) is 0.429. The monoisotopic (exact) mass is 276 g/mol. The largest absolute Gasteiger partial charge is 0.478 e. The van der Waals surface area contributed by atoms with Gasteiger partial charge in [0.15, 0.2) is 0 Å². The van der Waals surface area contributed by atoms with E-state index >= 15 is 0 Å². The van der Waals surface area contributed by atoms with E-state index in [1.165, 1.54) is 6.07 Å². The van der Waals surface area contributed by atoms with E-state index in [9.17, 15) is 14.7 Å². The number of fused-ring (bicyclic) bond motifs is 1. The first-order valence-electron chi connectivity index (χ1n) is 6.61. The van der Waals surface area contributed by atoms with E-state index < -0.39 is 5.97 Å². The van der Waals surface area contributed by atoms with Crippen molar-refractivity contribution in [2.45, 2.75) is 31.4 Å². The van der Waals surface area contributed by atoms with Gasteiger partial charge in [0.2, 0.25) is 0 Å². The summed E-state index contributed by atoms with van der Waals surface area (Å²) < 4.78 is 7.00. The number of rotatable bonds is 3. The molecule has 6 nitrogen and oxygen atoms in total. The average molecular weight is 276 g/mol. The summed E-state index contributed by atoms with van der Waals surface area (Å²) in [4.78, 5) is 26.0. The van der Waals surface area contributed by atoms with Crippen molar-refractivity contribution in [2.75, 3.05) is 7.11 Å². The van der Waals surface area contributed by atoms with Crippen LogP contribution in [0.4, 0.5) is 0 Å². The summed E-state index contributed by atoms with van der Waals surface area (Å²) in [5, 5.41) is 9.18. The summed E-state index contributed by atoms with van der Waals surface area (Å²) in [5.41, 5.74) is 0.914. The van der Waals surface area contributed by atoms with Gasteiger partial charge in [-0.05, 0) is 31.4 Å². The molecule has 1 aromatic carbocycles. The lowest BCUT2D eigenvalue weighted by Crippen LogP contribution is -2.21. The fourth-order valence-electron chi connectivity index (χ4n) is 3.06. The Hall–Kier alpha value is -2.08. The molecule has 6 heteroatoms. The van der Waals surface area contributed by atoms with E-state index in [0.29, 0.717) is 11.0 Å². The molecule has 0 saturated heterocycles. The Morgan fingerprint density at radius 2 is 2.25 bits per heavy atom. The first kappa shape index (κ1) is 12.9. The van der Waals surface area contributed by atoms with Crippen LogP contribution in [0.3, 0.4) is 0 Å². The minimum Gasteiger partial charge on any atom is -0.478 e. The number of aromatic carboxylic acids is 1. The molecule has 106 valence electrons. The van der Waals surface area contributed by atoms with Gasteiger partial charge in [0.1, 0.15) is 0 Å². The third-order valence-corrected chi connectivity index (χ3v) is 4.04. The number of hydrogen-bond donors (Lipinski definition) is 2. The second kappa shape index (κ2) is 4.79. The zero-order chi connectivity index (χ0) is 14.3. The van der Waals surface area contributed by atoms with Gasteiger partial charge in [-0.25, -0.2) is 9.59 Å². The maximum atomic E-state index is 12.2. The third-order valence-electron chi connectivity index (χ3n) is 4.04. The highest BCUT2D eigenvalue weighted by atomic mass is 16.5. The summed E-state index contributed by atoms with van der Waals surface area (Å²) in [6.07, 6.45) is 2.72. The van der Waals surface area contributed by atoms with Crippen molar-refractivity contribution in [2.24, 2.45) is 0 Å². The van der Waals surface area contributed by atoms with Gasteiger partial charge in [0.25, 0.3) is 0 Å². The highest BCUT2D eigenvalue weighted by Gasteiger charge is 2.28. The molecule has 20 heavy (non-hydrogen) atoms. The van der Waals surface area contributed by atoms with Gasteiger partial charge in [-0.2, -0.15) is 0 Å². The highest BCUT2D eigenvalue weighted by molar-refractivity contribution is 6.00. The zero-order valence-corrected chi connectivity index (χ0v) is 11.1. The molecule has 0 amide bonds. The standard InChI is InChI=1S/C14H16N2O4/c1-20-9-6-5-8(7-9)16-11-4-2-3-10(13(17)18)12(11)15-14(16)19/h2-4,8-9H,5-7H2,1H3,(H,15,19)(H,17,18). The topological polar surface area (TPSA) is 84.3 Å². The van der Waals surface area contributed by atoms with Gasteiger partial charge < -0.3 is 14.8 Å². The molecule has 0 bridgehead atoms. The summed E-state index contributed by atoms with van der Waals surface area (Å²) in [7, 11) is 1.67. The molecule has 1 aliphatic carbocycles. The molecule has 1 fully saturated rings. The Kier molecular flexibility index (Phi) is 3.10. The number of aromatic amines is 1. The number of para-hydroxylation sites is 1. The second-order valence-corrected chi connectivity index (χ2v) is 5.13. The molecular formula is C14H16N2O4. The van der Waals surface area contributed by atoms with Crippen LogP contribution in [-0.4, -0.2) is 33.8 Å². The number of nitrogens with zero attached hydrogens (tertiary/aromatic N) is 1. The van der Waals surface area contributed by atoms with Gasteiger partial charge in [0, 0.05) is 13.2 Å². The number of nitrogens with one attached hydrogen (secondary N) is 1. The van der Waals surface area contributed by atoms with E-state index in [-0.39, 0.29) is 23.4 Å². The lowest BCUT2D eigenvalue weighted by atomic mass is 10.1. The number of carboxylic acid groups (broad SMARTS) is 1. The molecule has 1 aromatic heterocycles. The molecule has 1 saturated carbocycles. The lowest BCUT2D eigenvalue weighted by Gasteiger charge is -2.12. The molecular weight excluding hydrogens is 260 g/mol. The van der Waals surface area contributed by atoms with Crippen molar-refractivity contribution in [3.8, 4) is 0 Å². The maximum absolute atomic E-state index is 12.2. The number of methoxy groups -OCH3 is 1. The summed E-state index contributed by atoms with van der Waals surface area (Å²) in [6, 6.07) is 5.00. The maximum Gasteiger partial charge on any atom is 0.337 e. The Bertz CT molecular complexity index is 716. The SMILES string of the molecule is COC1CCC(n2c(=O)[nH]c3c(C(=O)O)cccc32)C1. The van der Waals surface area contributed by atoms with Crippen LogP contribution in [0.5, 0.6) is 0 Å². The highest BCUT2D eigenvalue weighted by Crippen LogP contribution is 2.32. The number of carbonyl (C=O) groups is 1. The number of imidazole rings is 1. The van der Waals surface area contributed by atoms with E-state index in [4.69, 9.17) is 4.74 Å². The quantitative estimate of drug-likeness (QED) is 0.894. The van der Waals surface area contributed by atoms with Crippen LogP contribution in [0.25, 0.3) is 11.0 Å². The van der Waals surface area contributed by atoms with Crippen molar-refractivity contribution in [3.05, 3.63) is 34.2 Å².